The summed E-state index contributed by atoms with van der Waals surface area (Å²) in [5.41, 5.74) is 5.20. The van der Waals surface area contributed by atoms with Crippen LogP contribution in [0.25, 0.3) is 10.9 Å². The van der Waals surface area contributed by atoms with Crippen LogP contribution in [-0.2, 0) is 6.54 Å². The van der Waals surface area contributed by atoms with E-state index in [0.717, 1.165) is 39.1 Å². The molecule has 9 heteroatoms. The second kappa shape index (κ2) is 10.6. The maximum absolute atomic E-state index is 5.91. The number of nitrogens with one attached hydrogen (secondary N) is 1. The van der Waals surface area contributed by atoms with Crippen LogP contribution in [0.2, 0.25) is 0 Å². The lowest BCUT2D eigenvalue weighted by Crippen LogP contribution is -2.17. The third-order valence-electron chi connectivity index (χ3n) is 5.18. The number of aromatic nitrogens is 3. The Labute approximate surface area is 208 Å². The summed E-state index contributed by atoms with van der Waals surface area (Å²) in [5.74, 6) is 2.90. The molecule has 0 bridgehead atoms. The van der Waals surface area contributed by atoms with Crippen LogP contribution in [-0.4, -0.2) is 55.5 Å². The first-order valence-corrected chi connectivity index (χ1v) is 11.7. The monoisotopic (exact) mass is 521 g/mol. The fourth-order valence-corrected chi connectivity index (χ4v) is 3.70. The van der Waals surface area contributed by atoms with E-state index in [4.69, 9.17) is 4.74 Å². The van der Waals surface area contributed by atoms with Crippen LogP contribution in [0.3, 0.4) is 0 Å². The van der Waals surface area contributed by atoms with Gasteiger partial charge in [0.25, 0.3) is 0 Å². The minimum Gasteiger partial charge on any atom is -0.492 e. The first-order valence-electron chi connectivity index (χ1n) is 10.9. The molecule has 0 amide bonds. The number of hydrogen-bond donors (Lipinski definition) is 1. The van der Waals surface area contributed by atoms with Crippen LogP contribution in [0.15, 0.2) is 70.4 Å². The van der Waals surface area contributed by atoms with Crippen LogP contribution in [0, 0.1) is 0 Å². The van der Waals surface area contributed by atoms with E-state index in [0.29, 0.717) is 18.4 Å². The van der Waals surface area contributed by atoms with E-state index >= 15 is 0 Å². The van der Waals surface area contributed by atoms with Crippen molar-refractivity contribution >= 4 is 50.6 Å². The highest BCUT2D eigenvalue weighted by atomic mass is 79.9. The topological polar surface area (TPSA) is 70.8 Å². The molecule has 2 heterocycles. The van der Waals surface area contributed by atoms with Crippen molar-refractivity contribution < 1.29 is 4.74 Å². The van der Waals surface area contributed by atoms with Crippen LogP contribution < -0.4 is 20.0 Å². The van der Waals surface area contributed by atoms with Gasteiger partial charge in [-0.3, -0.25) is 5.43 Å². The zero-order chi connectivity index (χ0) is 24.1. The van der Waals surface area contributed by atoms with Gasteiger partial charge in [0.15, 0.2) is 5.82 Å². The Balaban J connectivity index is 1.49. The Morgan fingerprint density at radius 1 is 1.03 bits per heavy atom. The number of para-hydroxylation sites is 1. The van der Waals surface area contributed by atoms with Gasteiger partial charge in [0.2, 0.25) is 5.95 Å². The molecule has 2 aromatic heterocycles. The molecule has 0 aliphatic rings. The van der Waals surface area contributed by atoms with Gasteiger partial charge in [-0.15, -0.1) is 0 Å². The van der Waals surface area contributed by atoms with E-state index in [1.807, 2.05) is 86.7 Å². The largest absolute Gasteiger partial charge is 0.492 e. The Morgan fingerprint density at radius 2 is 1.79 bits per heavy atom. The molecule has 4 aromatic rings. The Hall–Kier alpha value is -3.59. The number of ether oxygens (including phenoxy) is 1. The van der Waals surface area contributed by atoms with Gasteiger partial charge in [0.1, 0.15) is 18.2 Å². The molecule has 8 nitrogen and oxygen atoms in total. The predicted molar refractivity (Wildman–Crippen MR) is 143 cm³/mol. The Bertz CT molecular complexity index is 1260. The maximum Gasteiger partial charge on any atom is 0.228 e. The maximum atomic E-state index is 5.91. The molecule has 0 aliphatic heterocycles. The van der Waals surface area contributed by atoms with Gasteiger partial charge in [-0.05, 0) is 30.3 Å². The van der Waals surface area contributed by atoms with Crippen molar-refractivity contribution in [2.24, 2.45) is 5.10 Å². The summed E-state index contributed by atoms with van der Waals surface area (Å²) in [6, 6.07) is 18.0. The van der Waals surface area contributed by atoms with Crippen LogP contribution >= 0.6 is 15.9 Å². The van der Waals surface area contributed by atoms with Gasteiger partial charge in [-0.2, -0.15) is 15.1 Å². The molecular weight excluding hydrogens is 494 g/mol. The zero-order valence-electron chi connectivity index (χ0n) is 19.7. The van der Waals surface area contributed by atoms with E-state index in [1.165, 1.54) is 0 Å². The number of anilines is 3. The number of fused-ring (bicyclic) bond motifs is 1. The highest BCUT2D eigenvalue weighted by Crippen LogP contribution is 2.22. The van der Waals surface area contributed by atoms with Crippen molar-refractivity contribution in [1.82, 2.24) is 14.5 Å². The second-order valence-electron chi connectivity index (χ2n) is 8.17. The minimum atomic E-state index is 0.566. The molecule has 1 N–H and O–H groups in total. The normalized spacial score (nSPS) is 11.2. The van der Waals surface area contributed by atoms with E-state index in [2.05, 4.69) is 59.3 Å². The number of hydrogen-bond acceptors (Lipinski definition) is 7. The summed E-state index contributed by atoms with van der Waals surface area (Å²) in [6.07, 6.45) is 3.92. The first kappa shape index (κ1) is 23.6. The van der Waals surface area contributed by atoms with Gasteiger partial charge in [-0.1, -0.05) is 34.1 Å². The van der Waals surface area contributed by atoms with Gasteiger partial charge in [0.05, 0.1) is 12.8 Å². The minimum absolute atomic E-state index is 0.566. The fourth-order valence-electron chi connectivity index (χ4n) is 3.43. The third-order valence-corrected chi connectivity index (χ3v) is 5.70. The van der Waals surface area contributed by atoms with Gasteiger partial charge in [-0.25, -0.2) is 0 Å². The van der Waals surface area contributed by atoms with Gasteiger partial charge >= 0.3 is 0 Å². The highest BCUT2D eigenvalue weighted by molar-refractivity contribution is 9.10. The van der Waals surface area contributed by atoms with E-state index in [-0.39, 0.29) is 0 Å². The number of hydrazone groups is 1. The summed E-state index contributed by atoms with van der Waals surface area (Å²) in [5, 5.41) is 5.59. The molecule has 0 aliphatic carbocycles. The molecule has 0 fully saturated rings. The Morgan fingerprint density at radius 3 is 2.53 bits per heavy atom. The first-order chi connectivity index (χ1) is 16.4. The van der Waals surface area contributed by atoms with Crippen molar-refractivity contribution in [3.05, 3.63) is 70.8 Å². The van der Waals surface area contributed by atoms with E-state index in [1.54, 1.807) is 0 Å². The molecule has 176 valence electrons. The molecule has 0 unspecified atom stereocenters. The van der Waals surface area contributed by atoms with E-state index in [9.17, 15) is 0 Å². The lowest BCUT2D eigenvalue weighted by molar-refractivity contribution is 0.300. The summed E-state index contributed by atoms with van der Waals surface area (Å²) in [4.78, 5) is 12.9. The molecule has 4 rings (SSSR count). The standard InChI is InChI=1S/C25H28BrN7O/c1-31(2)24-15-23(28-25(29-24)32(3)4)30-27-16-18-17-33(22-8-6-5-7-21(18)22)13-14-34-20-11-9-19(26)10-12-20/h5-12,15-17H,13-14H2,1-4H3,(H,28,29,30). The van der Waals surface area contributed by atoms with Gasteiger partial charge in [0, 0.05) is 61.4 Å². The molecule has 0 saturated heterocycles. The SMILES string of the molecule is CN(C)c1cc(NN=Cc2cn(CCOc3ccc(Br)cc3)c3ccccc23)nc(N(C)C)n1. The second-order valence-corrected chi connectivity index (χ2v) is 9.08. The summed E-state index contributed by atoms with van der Waals surface area (Å²) < 4.78 is 9.14. The highest BCUT2D eigenvalue weighted by Gasteiger charge is 2.09. The van der Waals surface area contributed by atoms with Crippen molar-refractivity contribution in [2.75, 3.05) is 50.0 Å². The molecular formula is C25H28BrN7O. The zero-order valence-corrected chi connectivity index (χ0v) is 21.3. The predicted octanol–water partition coefficient (Wildman–Crippen LogP) is 4.85. The smallest absolute Gasteiger partial charge is 0.228 e. The third kappa shape index (κ3) is 5.66. The van der Waals surface area contributed by atoms with Gasteiger partial charge < -0.3 is 19.1 Å². The van der Waals surface area contributed by atoms with Crippen molar-refractivity contribution in [3.63, 3.8) is 0 Å². The molecule has 34 heavy (non-hydrogen) atoms. The van der Waals surface area contributed by atoms with Crippen molar-refractivity contribution in [3.8, 4) is 5.75 Å². The fraction of sp³-hybridized carbons (Fsp3) is 0.240. The molecule has 0 atom stereocenters. The molecule has 0 spiro atoms. The number of benzene rings is 2. The van der Waals surface area contributed by atoms with Crippen LogP contribution in [0.1, 0.15) is 5.56 Å². The average molecular weight is 522 g/mol. The average Bonchev–Trinajstić information content (AvgIpc) is 3.18. The summed E-state index contributed by atoms with van der Waals surface area (Å²) in [6.45, 7) is 1.29. The summed E-state index contributed by atoms with van der Waals surface area (Å²) in [7, 11) is 7.72. The molecule has 2 aromatic carbocycles. The molecule has 0 radical (unpaired) electrons. The molecule has 0 saturated carbocycles. The lowest BCUT2D eigenvalue weighted by Gasteiger charge is -2.16. The van der Waals surface area contributed by atoms with Crippen molar-refractivity contribution in [2.45, 2.75) is 6.54 Å². The number of nitrogens with zero attached hydrogens (tertiary/aromatic N) is 6. The lowest BCUT2D eigenvalue weighted by atomic mass is 10.2. The quantitative estimate of drug-likeness (QED) is 0.250. The summed E-state index contributed by atoms with van der Waals surface area (Å²) >= 11 is 3.45. The van der Waals surface area contributed by atoms with Crippen molar-refractivity contribution in [1.29, 1.82) is 0 Å². The Kier molecular flexibility index (Phi) is 7.32. The van der Waals surface area contributed by atoms with Crippen LogP contribution in [0.4, 0.5) is 17.6 Å². The van der Waals surface area contributed by atoms with Crippen LogP contribution in [0.5, 0.6) is 5.75 Å². The number of rotatable bonds is 9. The number of halogens is 1. The van der Waals surface area contributed by atoms with E-state index < -0.39 is 0 Å².